The van der Waals surface area contributed by atoms with Gasteiger partial charge in [0.05, 0.1) is 5.69 Å². The first kappa shape index (κ1) is 12.2. The van der Waals surface area contributed by atoms with Crippen LogP contribution in [0.25, 0.3) is 0 Å². The lowest BCUT2D eigenvalue weighted by Crippen LogP contribution is -2.39. The maximum absolute atomic E-state index is 13.3. The van der Waals surface area contributed by atoms with Crippen molar-refractivity contribution in [1.29, 1.82) is 0 Å². The molecule has 0 bridgehead atoms. The first-order valence-corrected chi connectivity index (χ1v) is 5.78. The average Bonchev–Trinajstić information content (AvgIpc) is 2.33. The molecule has 1 atom stereocenters. The van der Waals surface area contributed by atoms with Crippen molar-refractivity contribution in [2.75, 3.05) is 18.4 Å². The molecule has 1 aliphatic rings. The fourth-order valence-corrected chi connectivity index (χ4v) is 1.99. The average molecular weight is 244 g/mol. The normalized spacial score (nSPS) is 20.3. The van der Waals surface area contributed by atoms with Crippen molar-refractivity contribution < 1.29 is 13.2 Å². The quantitative estimate of drug-likeness (QED) is 0.799. The number of nitrogens with one attached hydrogen (secondary N) is 2. The smallest absolute Gasteiger partial charge is 0.161 e. The zero-order chi connectivity index (χ0) is 12.3. The minimum Gasteiger partial charge on any atom is -0.381 e. The molecule has 1 heterocycles. The molecule has 2 nitrogen and oxygen atoms in total. The van der Waals surface area contributed by atoms with E-state index < -0.39 is 17.5 Å². The molecular weight excluding hydrogens is 229 g/mol. The Kier molecular flexibility index (Phi) is 3.89. The Morgan fingerprint density at radius 2 is 1.88 bits per heavy atom. The van der Waals surface area contributed by atoms with Gasteiger partial charge in [-0.15, -0.1) is 0 Å². The molecule has 1 saturated heterocycles. The molecule has 0 radical (unpaired) electrons. The number of benzene rings is 1. The third kappa shape index (κ3) is 3.12. The van der Waals surface area contributed by atoms with Gasteiger partial charge in [-0.1, -0.05) is 6.42 Å². The van der Waals surface area contributed by atoms with Gasteiger partial charge in [-0.25, -0.2) is 13.2 Å². The van der Waals surface area contributed by atoms with Crippen LogP contribution in [0.5, 0.6) is 0 Å². The maximum atomic E-state index is 13.3. The molecule has 1 unspecified atom stereocenters. The van der Waals surface area contributed by atoms with Crippen LogP contribution in [0.4, 0.5) is 18.9 Å². The summed E-state index contributed by atoms with van der Waals surface area (Å²) >= 11 is 0. The fourth-order valence-electron chi connectivity index (χ4n) is 1.99. The minimum absolute atomic E-state index is 0.0104. The molecule has 94 valence electrons. The zero-order valence-corrected chi connectivity index (χ0v) is 9.40. The predicted molar refractivity (Wildman–Crippen MR) is 60.4 cm³/mol. The molecule has 0 aliphatic carbocycles. The van der Waals surface area contributed by atoms with Crippen molar-refractivity contribution in [1.82, 2.24) is 5.32 Å². The van der Waals surface area contributed by atoms with E-state index in [1.807, 2.05) is 0 Å². The Morgan fingerprint density at radius 1 is 1.12 bits per heavy atom. The highest BCUT2D eigenvalue weighted by molar-refractivity contribution is 5.45. The summed E-state index contributed by atoms with van der Waals surface area (Å²) in [5, 5.41) is 6.09. The summed E-state index contributed by atoms with van der Waals surface area (Å²) in [6.07, 6.45) is 3.30. The number of anilines is 1. The standard InChI is InChI=1S/C12H15F3N2/c13-9-5-11(15)12(6-10(9)14)17-7-8-3-1-2-4-16-8/h5-6,8,16-17H,1-4,7H2. The second kappa shape index (κ2) is 5.40. The summed E-state index contributed by atoms with van der Waals surface area (Å²) in [4.78, 5) is 0. The number of hydrogen-bond acceptors (Lipinski definition) is 2. The topological polar surface area (TPSA) is 24.1 Å². The van der Waals surface area contributed by atoms with E-state index >= 15 is 0 Å². The van der Waals surface area contributed by atoms with Gasteiger partial charge in [0.25, 0.3) is 0 Å². The summed E-state index contributed by atoms with van der Waals surface area (Å²) in [5.41, 5.74) is 0.0104. The fraction of sp³-hybridized carbons (Fsp3) is 0.500. The number of rotatable bonds is 3. The molecule has 0 amide bonds. The van der Waals surface area contributed by atoms with Crippen LogP contribution < -0.4 is 10.6 Å². The first-order valence-electron chi connectivity index (χ1n) is 5.78. The molecule has 1 aromatic rings. The van der Waals surface area contributed by atoms with E-state index in [0.717, 1.165) is 31.9 Å². The maximum Gasteiger partial charge on any atom is 0.161 e. The summed E-state index contributed by atoms with van der Waals surface area (Å²) in [6.45, 7) is 1.47. The third-order valence-corrected chi connectivity index (χ3v) is 2.96. The van der Waals surface area contributed by atoms with E-state index in [4.69, 9.17) is 0 Å². The van der Waals surface area contributed by atoms with Crippen molar-refractivity contribution in [3.05, 3.63) is 29.6 Å². The Balaban J connectivity index is 1.96. The van der Waals surface area contributed by atoms with Gasteiger partial charge in [-0.05, 0) is 19.4 Å². The van der Waals surface area contributed by atoms with Crippen LogP contribution in [0.3, 0.4) is 0 Å². The van der Waals surface area contributed by atoms with E-state index in [0.29, 0.717) is 12.6 Å². The van der Waals surface area contributed by atoms with Gasteiger partial charge in [0.2, 0.25) is 0 Å². The summed E-state index contributed by atoms with van der Waals surface area (Å²) in [7, 11) is 0. The van der Waals surface area contributed by atoms with Gasteiger partial charge in [-0.2, -0.15) is 0 Å². The van der Waals surface area contributed by atoms with Gasteiger partial charge < -0.3 is 10.6 Å². The Bertz CT molecular complexity index is 390. The van der Waals surface area contributed by atoms with Gasteiger partial charge in [0.1, 0.15) is 5.82 Å². The molecular formula is C12H15F3N2. The van der Waals surface area contributed by atoms with Crippen molar-refractivity contribution in [2.24, 2.45) is 0 Å². The minimum atomic E-state index is -1.16. The highest BCUT2D eigenvalue weighted by atomic mass is 19.2. The molecule has 2 rings (SSSR count). The van der Waals surface area contributed by atoms with Crippen LogP contribution in [0.15, 0.2) is 12.1 Å². The Labute approximate surface area is 98.2 Å². The van der Waals surface area contributed by atoms with Gasteiger partial charge in [0.15, 0.2) is 11.6 Å². The summed E-state index contributed by atoms with van der Waals surface area (Å²) in [5.74, 6) is -2.96. The Morgan fingerprint density at radius 3 is 2.59 bits per heavy atom. The monoisotopic (exact) mass is 244 g/mol. The largest absolute Gasteiger partial charge is 0.381 e. The van der Waals surface area contributed by atoms with Crippen LogP contribution >= 0.6 is 0 Å². The first-order chi connectivity index (χ1) is 8.16. The Hall–Kier alpha value is -1.23. The lowest BCUT2D eigenvalue weighted by Gasteiger charge is -2.24. The van der Waals surface area contributed by atoms with Gasteiger partial charge in [0, 0.05) is 24.7 Å². The highest BCUT2D eigenvalue weighted by Crippen LogP contribution is 2.18. The van der Waals surface area contributed by atoms with Crippen LogP contribution in [-0.2, 0) is 0 Å². The molecule has 0 aromatic heterocycles. The van der Waals surface area contributed by atoms with Crippen molar-refractivity contribution in [3.63, 3.8) is 0 Å². The number of hydrogen-bond donors (Lipinski definition) is 2. The third-order valence-electron chi connectivity index (χ3n) is 2.96. The zero-order valence-electron chi connectivity index (χ0n) is 9.40. The van der Waals surface area contributed by atoms with Crippen LogP contribution in [0.2, 0.25) is 0 Å². The van der Waals surface area contributed by atoms with Crippen LogP contribution in [0.1, 0.15) is 19.3 Å². The molecule has 0 saturated carbocycles. The van der Waals surface area contributed by atoms with E-state index in [1.165, 1.54) is 0 Å². The molecule has 1 aliphatic heterocycles. The van der Waals surface area contributed by atoms with Crippen molar-refractivity contribution >= 4 is 5.69 Å². The van der Waals surface area contributed by atoms with E-state index in [2.05, 4.69) is 10.6 Å². The van der Waals surface area contributed by atoms with Crippen LogP contribution in [0, 0.1) is 17.5 Å². The second-order valence-corrected chi connectivity index (χ2v) is 4.27. The molecule has 1 fully saturated rings. The molecule has 2 N–H and O–H groups in total. The molecule has 5 heteroatoms. The van der Waals surface area contributed by atoms with Gasteiger partial charge >= 0.3 is 0 Å². The van der Waals surface area contributed by atoms with Crippen molar-refractivity contribution in [2.45, 2.75) is 25.3 Å². The molecule has 1 aromatic carbocycles. The lowest BCUT2D eigenvalue weighted by atomic mass is 10.1. The van der Waals surface area contributed by atoms with Gasteiger partial charge in [-0.3, -0.25) is 0 Å². The second-order valence-electron chi connectivity index (χ2n) is 4.27. The van der Waals surface area contributed by atoms with Crippen LogP contribution in [-0.4, -0.2) is 19.1 Å². The molecule has 0 spiro atoms. The van der Waals surface area contributed by atoms with E-state index in [9.17, 15) is 13.2 Å². The highest BCUT2D eigenvalue weighted by Gasteiger charge is 2.14. The lowest BCUT2D eigenvalue weighted by molar-refractivity contribution is 0.413. The number of halogens is 3. The van der Waals surface area contributed by atoms with E-state index in [-0.39, 0.29) is 11.7 Å². The van der Waals surface area contributed by atoms with Crippen molar-refractivity contribution in [3.8, 4) is 0 Å². The molecule has 17 heavy (non-hydrogen) atoms. The SMILES string of the molecule is Fc1cc(F)c(NCC2CCCCN2)cc1F. The van der Waals surface area contributed by atoms with E-state index in [1.54, 1.807) is 0 Å². The number of piperidine rings is 1. The predicted octanol–water partition coefficient (Wildman–Crippen LogP) is 2.66. The summed E-state index contributed by atoms with van der Waals surface area (Å²) in [6, 6.07) is 1.68. The summed E-state index contributed by atoms with van der Waals surface area (Å²) < 4.78 is 38.9.